The van der Waals surface area contributed by atoms with Crippen LogP contribution < -0.4 is 10.6 Å². The average Bonchev–Trinajstić information content (AvgIpc) is 3.25. The number of thioether (sulfide) groups is 1. The maximum absolute atomic E-state index is 13.2. The first-order valence-electron chi connectivity index (χ1n) is 10.3. The van der Waals surface area contributed by atoms with Gasteiger partial charge in [0.05, 0.1) is 17.3 Å². The van der Waals surface area contributed by atoms with E-state index in [1.54, 1.807) is 34.9 Å². The zero-order valence-electron chi connectivity index (χ0n) is 17.8. The molecular formula is C24H20Cl2FN5OS. The van der Waals surface area contributed by atoms with E-state index in [-0.39, 0.29) is 18.4 Å². The fraction of sp³-hybridized carbons (Fsp3) is 0.125. The number of carbonyl (C=O) groups is 1. The van der Waals surface area contributed by atoms with E-state index in [0.29, 0.717) is 39.0 Å². The van der Waals surface area contributed by atoms with Crippen LogP contribution >= 0.6 is 35.0 Å². The summed E-state index contributed by atoms with van der Waals surface area (Å²) in [5.74, 6) is 0.740. The molecule has 4 rings (SSSR count). The third kappa shape index (κ3) is 6.28. The number of amides is 2. The summed E-state index contributed by atoms with van der Waals surface area (Å²) < 4.78 is 15.0. The molecule has 0 aliphatic heterocycles. The maximum atomic E-state index is 13.2. The van der Waals surface area contributed by atoms with Crippen LogP contribution in [0.15, 0.2) is 78.0 Å². The van der Waals surface area contributed by atoms with E-state index < -0.39 is 0 Å². The minimum atomic E-state index is -0.337. The van der Waals surface area contributed by atoms with Gasteiger partial charge >= 0.3 is 6.03 Å². The highest BCUT2D eigenvalue weighted by atomic mass is 35.5. The number of rotatable bonds is 8. The Balaban J connectivity index is 1.51. The number of urea groups is 1. The second-order valence-electron chi connectivity index (χ2n) is 7.27. The Morgan fingerprint density at radius 2 is 1.65 bits per heavy atom. The van der Waals surface area contributed by atoms with Crippen LogP contribution in [0.5, 0.6) is 0 Å². The second kappa shape index (κ2) is 11.4. The third-order valence-corrected chi connectivity index (χ3v) is 6.39. The average molecular weight is 516 g/mol. The van der Waals surface area contributed by atoms with Crippen LogP contribution in [0.25, 0.3) is 5.69 Å². The first-order valence-corrected chi connectivity index (χ1v) is 12.1. The molecule has 0 atom stereocenters. The summed E-state index contributed by atoms with van der Waals surface area (Å²) in [6.45, 7) is 0.520. The molecule has 0 spiro atoms. The Labute approximate surface area is 210 Å². The van der Waals surface area contributed by atoms with Crippen LogP contribution in [0.1, 0.15) is 17.0 Å². The number of benzene rings is 3. The molecule has 6 nitrogen and oxygen atoms in total. The van der Waals surface area contributed by atoms with Crippen molar-refractivity contribution in [3.05, 3.63) is 106 Å². The van der Waals surface area contributed by atoms with E-state index in [4.69, 9.17) is 23.2 Å². The van der Waals surface area contributed by atoms with E-state index in [9.17, 15) is 9.18 Å². The number of hydrogen-bond donors (Lipinski definition) is 2. The van der Waals surface area contributed by atoms with Gasteiger partial charge in [-0.2, -0.15) is 0 Å². The van der Waals surface area contributed by atoms with Crippen LogP contribution in [0.3, 0.4) is 0 Å². The minimum absolute atomic E-state index is 0.119. The van der Waals surface area contributed by atoms with E-state index in [1.807, 2.05) is 30.3 Å². The molecule has 1 heterocycles. The van der Waals surface area contributed by atoms with Crippen LogP contribution in [-0.2, 0) is 18.8 Å². The van der Waals surface area contributed by atoms with Crippen molar-refractivity contribution in [1.29, 1.82) is 0 Å². The maximum Gasteiger partial charge on any atom is 0.315 e. The minimum Gasteiger partial charge on any atom is -0.334 e. The lowest BCUT2D eigenvalue weighted by Gasteiger charge is -2.13. The summed E-state index contributed by atoms with van der Waals surface area (Å²) in [5, 5.41) is 15.7. The van der Waals surface area contributed by atoms with Gasteiger partial charge in [-0.3, -0.25) is 4.57 Å². The van der Waals surface area contributed by atoms with Crippen LogP contribution in [0, 0.1) is 5.82 Å². The lowest BCUT2D eigenvalue weighted by molar-refractivity contribution is 0.240. The highest BCUT2D eigenvalue weighted by Gasteiger charge is 2.18. The van der Waals surface area contributed by atoms with Gasteiger partial charge in [-0.15, -0.1) is 10.2 Å². The summed E-state index contributed by atoms with van der Waals surface area (Å²) >= 11 is 14.1. The van der Waals surface area contributed by atoms with Crippen molar-refractivity contribution in [3.63, 3.8) is 0 Å². The quantitative estimate of drug-likeness (QED) is 0.282. The van der Waals surface area contributed by atoms with Crippen molar-refractivity contribution >= 4 is 41.0 Å². The highest BCUT2D eigenvalue weighted by molar-refractivity contribution is 7.98. The van der Waals surface area contributed by atoms with Crippen LogP contribution in [-0.4, -0.2) is 20.8 Å². The summed E-state index contributed by atoms with van der Waals surface area (Å²) in [6.07, 6.45) is 0. The smallest absolute Gasteiger partial charge is 0.315 e. The molecule has 34 heavy (non-hydrogen) atoms. The monoisotopic (exact) mass is 515 g/mol. The third-order valence-electron chi connectivity index (χ3n) is 4.83. The van der Waals surface area contributed by atoms with Gasteiger partial charge < -0.3 is 10.6 Å². The zero-order chi connectivity index (χ0) is 23.9. The molecule has 174 valence electrons. The van der Waals surface area contributed by atoms with Crippen molar-refractivity contribution in [1.82, 2.24) is 25.4 Å². The lowest BCUT2D eigenvalue weighted by atomic mass is 10.2. The molecule has 0 aliphatic rings. The molecule has 0 saturated carbocycles. The van der Waals surface area contributed by atoms with E-state index in [0.717, 1.165) is 11.1 Å². The van der Waals surface area contributed by atoms with E-state index in [1.165, 1.54) is 23.9 Å². The molecule has 10 heteroatoms. The van der Waals surface area contributed by atoms with Gasteiger partial charge in [0, 0.05) is 17.3 Å². The number of nitrogens with zero attached hydrogens (tertiary/aromatic N) is 3. The lowest BCUT2D eigenvalue weighted by Crippen LogP contribution is -2.35. The van der Waals surface area contributed by atoms with E-state index in [2.05, 4.69) is 20.8 Å². The Morgan fingerprint density at radius 3 is 2.41 bits per heavy atom. The molecule has 0 unspecified atom stereocenters. The molecule has 1 aromatic heterocycles. The van der Waals surface area contributed by atoms with Crippen molar-refractivity contribution in [2.45, 2.75) is 24.0 Å². The fourth-order valence-electron chi connectivity index (χ4n) is 3.14. The molecule has 0 fully saturated rings. The summed E-state index contributed by atoms with van der Waals surface area (Å²) in [7, 11) is 0. The summed E-state index contributed by atoms with van der Waals surface area (Å²) in [5.41, 5.74) is 2.52. The van der Waals surface area contributed by atoms with Crippen molar-refractivity contribution in [2.24, 2.45) is 0 Å². The molecule has 0 radical (unpaired) electrons. The molecule has 2 amide bonds. The largest absolute Gasteiger partial charge is 0.334 e. The predicted octanol–water partition coefficient (Wildman–Crippen LogP) is 6.00. The van der Waals surface area contributed by atoms with Crippen LogP contribution in [0.2, 0.25) is 10.0 Å². The number of halogens is 3. The normalized spacial score (nSPS) is 10.8. The standard InChI is InChI=1S/C24H20Cl2FN5OS/c25-18-8-11-20(26)21(12-18)32-22(14-29-23(33)28-13-16-4-2-1-3-5-16)30-31-24(32)34-15-17-6-9-19(27)10-7-17/h1-12H,13-15H2,(H2,28,29,33). The van der Waals surface area contributed by atoms with E-state index >= 15 is 0 Å². The number of carbonyl (C=O) groups excluding carboxylic acids is 1. The Kier molecular flexibility index (Phi) is 8.05. The zero-order valence-corrected chi connectivity index (χ0v) is 20.2. The molecular weight excluding hydrogens is 496 g/mol. The second-order valence-corrected chi connectivity index (χ2v) is 9.05. The van der Waals surface area contributed by atoms with Crippen molar-refractivity contribution in [2.75, 3.05) is 0 Å². The molecule has 0 saturated heterocycles. The Bertz CT molecular complexity index is 1270. The van der Waals surface area contributed by atoms with Gasteiger partial charge in [0.1, 0.15) is 5.82 Å². The molecule has 2 N–H and O–H groups in total. The van der Waals surface area contributed by atoms with Crippen molar-refractivity contribution < 1.29 is 9.18 Å². The number of aromatic nitrogens is 3. The molecule has 0 bridgehead atoms. The SMILES string of the molecule is O=C(NCc1ccccc1)NCc1nnc(SCc2ccc(F)cc2)n1-c1cc(Cl)ccc1Cl. The fourth-order valence-corrected chi connectivity index (χ4v) is 4.42. The topological polar surface area (TPSA) is 71.8 Å². The van der Waals surface area contributed by atoms with Gasteiger partial charge in [0.15, 0.2) is 11.0 Å². The van der Waals surface area contributed by atoms with Crippen molar-refractivity contribution in [3.8, 4) is 5.69 Å². The number of hydrogen-bond acceptors (Lipinski definition) is 4. The first-order chi connectivity index (χ1) is 16.5. The number of nitrogens with one attached hydrogen (secondary N) is 2. The highest BCUT2D eigenvalue weighted by Crippen LogP contribution is 2.31. The molecule has 0 aliphatic carbocycles. The van der Waals surface area contributed by atoms with Gasteiger partial charge in [-0.05, 0) is 41.5 Å². The Hall–Kier alpha value is -3.07. The van der Waals surface area contributed by atoms with Gasteiger partial charge in [0.25, 0.3) is 0 Å². The summed E-state index contributed by atoms with van der Waals surface area (Å²) in [4.78, 5) is 12.3. The predicted molar refractivity (Wildman–Crippen MR) is 133 cm³/mol. The molecule has 4 aromatic rings. The first kappa shape index (κ1) is 24.1. The van der Waals surface area contributed by atoms with Gasteiger partial charge in [0.2, 0.25) is 0 Å². The van der Waals surface area contributed by atoms with Gasteiger partial charge in [-0.1, -0.05) is 77.4 Å². The molecule has 3 aromatic carbocycles. The van der Waals surface area contributed by atoms with Crippen LogP contribution in [0.4, 0.5) is 9.18 Å². The van der Waals surface area contributed by atoms with Gasteiger partial charge in [-0.25, -0.2) is 9.18 Å². The Morgan fingerprint density at radius 1 is 0.912 bits per heavy atom. The summed E-state index contributed by atoms with van der Waals surface area (Å²) in [6, 6.07) is 20.6.